The molecule has 1 atom stereocenters. The molecule has 3 aromatic carbocycles. The van der Waals surface area contributed by atoms with Gasteiger partial charge in [-0.2, -0.15) is 0 Å². The number of methoxy groups -OCH3 is 1. The summed E-state index contributed by atoms with van der Waals surface area (Å²) in [7, 11) is 1.33. The van der Waals surface area contributed by atoms with Crippen LogP contribution in [0, 0.1) is 10.1 Å². The first-order chi connectivity index (χ1) is 13.9. The second-order valence-corrected chi connectivity index (χ2v) is 6.21. The van der Waals surface area contributed by atoms with Crippen molar-refractivity contribution >= 4 is 34.0 Å². The van der Waals surface area contributed by atoms with Crippen molar-refractivity contribution in [3.8, 4) is 5.75 Å². The molecule has 0 heterocycles. The fourth-order valence-electron chi connectivity index (χ4n) is 2.82. The average Bonchev–Trinajstić information content (AvgIpc) is 2.73. The van der Waals surface area contributed by atoms with Crippen molar-refractivity contribution in [3.05, 3.63) is 76.3 Å². The summed E-state index contributed by atoms with van der Waals surface area (Å²) in [5, 5.41) is 15.5. The van der Waals surface area contributed by atoms with E-state index in [1.54, 1.807) is 6.07 Å². The minimum Gasteiger partial charge on any atom is -0.496 e. The summed E-state index contributed by atoms with van der Waals surface area (Å²) in [4.78, 5) is 35.3. The van der Waals surface area contributed by atoms with Crippen LogP contribution in [0.4, 0.5) is 11.4 Å². The maximum atomic E-state index is 12.5. The maximum absolute atomic E-state index is 12.5. The lowest BCUT2D eigenvalue weighted by atomic mass is 10.1. The van der Waals surface area contributed by atoms with Crippen molar-refractivity contribution in [2.45, 2.75) is 13.0 Å². The van der Waals surface area contributed by atoms with Gasteiger partial charge in [0, 0.05) is 23.2 Å². The van der Waals surface area contributed by atoms with Gasteiger partial charge in [0.05, 0.1) is 12.0 Å². The van der Waals surface area contributed by atoms with Gasteiger partial charge in [-0.15, -0.1) is 0 Å². The number of nitrogens with zero attached hydrogens (tertiary/aromatic N) is 1. The highest BCUT2D eigenvalue weighted by Crippen LogP contribution is 2.26. The van der Waals surface area contributed by atoms with Gasteiger partial charge in [0.15, 0.2) is 6.10 Å². The molecule has 1 amide bonds. The van der Waals surface area contributed by atoms with Crippen LogP contribution in [0.3, 0.4) is 0 Å². The predicted molar refractivity (Wildman–Crippen MR) is 107 cm³/mol. The number of non-ortho nitro benzene ring substituents is 1. The van der Waals surface area contributed by atoms with Crippen LogP contribution >= 0.6 is 0 Å². The van der Waals surface area contributed by atoms with Crippen molar-refractivity contribution in [3.63, 3.8) is 0 Å². The molecule has 0 fully saturated rings. The number of hydrogen-bond acceptors (Lipinski definition) is 6. The lowest BCUT2D eigenvalue weighted by Gasteiger charge is -2.15. The zero-order valence-electron chi connectivity index (χ0n) is 15.7. The Balaban J connectivity index is 1.76. The summed E-state index contributed by atoms with van der Waals surface area (Å²) < 4.78 is 10.3. The van der Waals surface area contributed by atoms with Crippen molar-refractivity contribution in [2.75, 3.05) is 12.4 Å². The number of carbonyl (C=O) groups excluding carboxylic acids is 2. The molecule has 148 valence electrons. The second kappa shape index (κ2) is 8.39. The topological polar surface area (TPSA) is 108 Å². The number of carbonyl (C=O) groups is 2. The smallest absolute Gasteiger partial charge is 0.342 e. The van der Waals surface area contributed by atoms with E-state index < -0.39 is 22.9 Å². The van der Waals surface area contributed by atoms with Crippen LogP contribution in [-0.4, -0.2) is 30.0 Å². The summed E-state index contributed by atoms with van der Waals surface area (Å²) >= 11 is 0. The van der Waals surface area contributed by atoms with E-state index in [1.165, 1.54) is 26.2 Å². The molecule has 0 bridgehead atoms. The second-order valence-electron chi connectivity index (χ2n) is 6.21. The number of rotatable bonds is 6. The van der Waals surface area contributed by atoms with Crippen molar-refractivity contribution in [1.82, 2.24) is 0 Å². The Hall–Kier alpha value is -3.94. The highest BCUT2D eigenvalue weighted by Gasteiger charge is 2.24. The fraction of sp³-hybridized carbons (Fsp3) is 0.143. The monoisotopic (exact) mass is 394 g/mol. The number of anilines is 1. The van der Waals surface area contributed by atoms with E-state index in [0.717, 1.165) is 16.8 Å². The number of esters is 1. The third-order valence-electron chi connectivity index (χ3n) is 4.31. The Labute approximate surface area is 166 Å². The highest BCUT2D eigenvalue weighted by molar-refractivity contribution is 6.04. The molecule has 0 aliphatic rings. The molecule has 0 aromatic heterocycles. The van der Waals surface area contributed by atoms with Gasteiger partial charge >= 0.3 is 5.97 Å². The Bertz CT molecular complexity index is 1090. The number of hydrogen-bond donors (Lipinski definition) is 1. The molecular formula is C21H18N2O6. The zero-order valence-corrected chi connectivity index (χ0v) is 15.7. The third-order valence-corrected chi connectivity index (χ3v) is 4.31. The van der Waals surface area contributed by atoms with Crippen LogP contribution in [0.15, 0.2) is 60.7 Å². The summed E-state index contributed by atoms with van der Waals surface area (Å²) in [6, 6.07) is 16.6. The number of amides is 1. The Morgan fingerprint density at radius 1 is 1.07 bits per heavy atom. The van der Waals surface area contributed by atoms with Crippen LogP contribution in [0.5, 0.6) is 5.75 Å². The molecule has 3 aromatic rings. The van der Waals surface area contributed by atoms with Gasteiger partial charge in [-0.3, -0.25) is 14.9 Å². The van der Waals surface area contributed by atoms with Crippen LogP contribution in [0.25, 0.3) is 10.8 Å². The van der Waals surface area contributed by atoms with E-state index in [-0.39, 0.29) is 17.0 Å². The summed E-state index contributed by atoms with van der Waals surface area (Å²) in [5.74, 6) is -1.31. The van der Waals surface area contributed by atoms with Gasteiger partial charge in [0.1, 0.15) is 11.3 Å². The standard InChI is InChI=1S/C21H18N2O6/c1-13(20(24)22-18-9-5-7-14-6-3-4-8-16(14)18)29-21(25)17-12-15(23(26)27)10-11-19(17)28-2/h3-13H,1-2H3,(H,22,24)/t13-/m1/s1. The van der Waals surface area contributed by atoms with Gasteiger partial charge in [-0.1, -0.05) is 36.4 Å². The lowest BCUT2D eigenvalue weighted by molar-refractivity contribution is -0.384. The van der Waals surface area contributed by atoms with Gasteiger partial charge in [-0.25, -0.2) is 4.79 Å². The molecule has 8 heteroatoms. The number of ether oxygens (including phenoxy) is 2. The van der Waals surface area contributed by atoms with E-state index in [4.69, 9.17) is 9.47 Å². The number of nitro benzene ring substituents is 1. The molecule has 3 rings (SSSR count). The van der Waals surface area contributed by atoms with Gasteiger partial charge in [0.2, 0.25) is 0 Å². The first-order valence-corrected chi connectivity index (χ1v) is 8.72. The quantitative estimate of drug-likeness (QED) is 0.385. The Morgan fingerprint density at radius 3 is 2.52 bits per heavy atom. The minimum absolute atomic E-state index is 0.113. The van der Waals surface area contributed by atoms with Crippen LogP contribution in [-0.2, 0) is 9.53 Å². The highest BCUT2D eigenvalue weighted by atomic mass is 16.6. The van der Waals surface area contributed by atoms with Crippen LogP contribution in [0.1, 0.15) is 17.3 Å². The van der Waals surface area contributed by atoms with Crippen molar-refractivity contribution in [1.29, 1.82) is 0 Å². The van der Waals surface area contributed by atoms with Crippen molar-refractivity contribution < 1.29 is 24.0 Å². The number of benzene rings is 3. The van der Waals surface area contributed by atoms with Crippen molar-refractivity contribution in [2.24, 2.45) is 0 Å². The first kappa shape index (κ1) is 19.8. The molecular weight excluding hydrogens is 376 g/mol. The SMILES string of the molecule is COc1ccc([N+](=O)[O-])cc1C(=O)O[C@H](C)C(=O)Nc1cccc2ccccc12. The van der Waals surface area contributed by atoms with Crippen LogP contribution < -0.4 is 10.1 Å². The molecule has 29 heavy (non-hydrogen) atoms. The molecule has 0 saturated carbocycles. The average molecular weight is 394 g/mol. The predicted octanol–water partition coefficient (Wildman–Crippen LogP) is 3.94. The fourth-order valence-corrected chi connectivity index (χ4v) is 2.82. The van der Waals surface area contributed by atoms with Gasteiger partial charge in [-0.05, 0) is 24.4 Å². The molecule has 0 spiro atoms. The number of fused-ring (bicyclic) bond motifs is 1. The number of nitrogens with one attached hydrogen (secondary N) is 1. The number of nitro groups is 1. The molecule has 0 saturated heterocycles. The van der Waals surface area contributed by atoms with Gasteiger partial charge < -0.3 is 14.8 Å². The summed E-state index contributed by atoms with van der Waals surface area (Å²) in [6.07, 6.45) is -1.13. The maximum Gasteiger partial charge on any atom is 0.342 e. The summed E-state index contributed by atoms with van der Waals surface area (Å²) in [5.41, 5.74) is 0.168. The molecule has 0 unspecified atom stereocenters. The molecule has 0 aliphatic carbocycles. The minimum atomic E-state index is -1.13. The molecule has 8 nitrogen and oxygen atoms in total. The van der Waals surface area contributed by atoms with E-state index in [9.17, 15) is 19.7 Å². The first-order valence-electron chi connectivity index (χ1n) is 8.72. The van der Waals surface area contributed by atoms with E-state index in [2.05, 4.69) is 5.32 Å². The summed E-state index contributed by atoms with van der Waals surface area (Å²) in [6.45, 7) is 1.42. The molecule has 1 N–H and O–H groups in total. The zero-order chi connectivity index (χ0) is 21.0. The van der Waals surface area contributed by atoms with E-state index in [0.29, 0.717) is 5.69 Å². The van der Waals surface area contributed by atoms with Gasteiger partial charge in [0.25, 0.3) is 11.6 Å². The molecule has 0 radical (unpaired) electrons. The van der Waals surface area contributed by atoms with E-state index >= 15 is 0 Å². The molecule has 0 aliphatic heterocycles. The third kappa shape index (κ3) is 4.32. The largest absolute Gasteiger partial charge is 0.496 e. The van der Waals surface area contributed by atoms with Crippen LogP contribution in [0.2, 0.25) is 0 Å². The normalized spacial score (nSPS) is 11.5. The Morgan fingerprint density at radius 2 is 1.79 bits per heavy atom. The Kier molecular flexibility index (Phi) is 5.73. The lowest BCUT2D eigenvalue weighted by Crippen LogP contribution is -2.30. The van der Waals surface area contributed by atoms with E-state index in [1.807, 2.05) is 36.4 Å².